The van der Waals surface area contributed by atoms with Gasteiger partial charge in [0.05, 0.1) is 6.54 Å². The fourth-order valence-electron chi connectivity index (χ4n) is 5.96. The van der Waals surface area contributed by atoms with Crippen LogP contribution >= 0.6 is 0 Å². The third kappa shape index (κ3) is 4.71. The Morgan fingerprint density at radius 1 is 1.10 bits per heavy atom. The Balaban J connectivity index is 1.32. The molecule has 4 heterocycles. The Labute approximate surface area is 228 Å². The van der Waals surface area contributed by atoms with E-state index in [-0.39, 0.29) is 5.56 Å². The monoisotopic (exact) mass is 524 g/mol. The number of benzene rings is 1. The van der Waals surface area contributed by atoms with Gasteiger partial charge in [0.2, 0.25) is 5.95 Å². The van der Waals surface area contributed by atoms with Gasteiger partial charge in [0.25, 0.3) is 5.56 Å². The van der Waals surface area contributed by atoms with E-state index < -0.39 is 0 Å². The number of fused-ring (bicyclic) bond motifs is 2. The molecule has 3 N–H and O–H groups in total. The Hall–Kier alpha value is -3.98. The summed E-state index contributed by atoms with van der Waals surface area (Å²) < 4.78 is 3.44. The summed E-state index contributed by atoms with van der Waals surface area (Å²) in [5.41, 5.74) is 10.7. The number of nitrogens with zero attached hydrogens (tertiary/aromatic N) is 6. The third-order valence-corrected chi connectivity index (χ3v) is 8.27. The number of allylic oxidation sites excluding steroid dienone is 1. The third-order valence-electron chi connectivity index (χ3n) is 8.27. The van der Waals surface area contributed by atoms with Gasteiger partial charge in [0.15, 0.2) is 11.5 Å². The first-order chi connectivity index (χ1) is 19.1. The van der Waals surface area contributed by atoms with Crippen LogP contribution in [-0.4, -0.2) is 43.9 Å². The normalized spacial score (nSPS) is 17.5. The molecule has 0 radical (unpaired) electrons. The lowest BCUT2D eigenvalue weighted by Crippen LogP contribution is -2.35. The number of nitrogens with two attached hydrogens (primary N) is 1. The minimum absolute atomic E-state index is 0.159. The van der Waals surface area contributed by atoms with E-state index in [4.69, 9.17) is 15.7 Å². The van der Waals surface area contributed by atoms with Crippen LogP contribution < -0.4 is 21.5 Å². The smallest absolute Gasteiger partial charge is 0.278 e. The van der Waals surface area contributed by atoms with Gasteiger partial charge in [0, 0.05) is 42.3 Å². The molecule has 202 valence electrons. The summed E-state index contributed by atoms with van der Waals surface area (Å²) in [4.78, 5) is 30.0. The van der Waals surface area contributed by atoms with Crippen molar-refractivity contribution in [1.82, 2.24) is 24.3 Å². The van der Waals surface area contributed by atoms with Crippen LogP contribution in [-0.2, 0) is 13.0 Å². The molecule has 3 aromatic heterocycles. The van der Waals surface area contributed by atoms with Crippen molar-refractivity contribution >= 4 is 28.4 Å². The fourth-order valence-corrected chi connectivity index (χ4v) is 5.96. The van der Waals surface area contributed by atoms with Crippen LogP contribution in [0.1, 0.15) is 49.8 Å². The Kier molecular flexibility index (Phi) is 6.91. The molecule has 0 amide bonds. The molecule has 1 fully saturated rings. The molecule has 1 saturated heterocycles. The van der Waals surface area contributed by atoms with Crippen molar-refractivity contribution in [2.75, 3.05) is 29.9 Å². The standard InChI is InChI=1S/C30H36N8O/c1-3-15-37-29(39)25-19-32-30(33-23-8-10-24(11-9-23)36-16-13-20(18-31)14-17-36)35-28(25)38(37)26-12-7-22-6-5-21(4-2)27(22)34-26/h3,7-12,19-21H,1,4-6,13-18,31H2,2H3,(H,32,33,35). The van der Waals surface area contributed by atoms with Gasteiger partial charge in [-0.2, -0.15) is 4.98 Å². The Morgan fingerprint density at radius 2 is 1.90 bits per heavy atom. The largest absolute Gasteiger partial charge is 0.372 e. The van der Waals surface area contributed by atoms with E-state index >= 15 is 0 Å². The number of rotatable bonds is 8. The molecule has 1 aliphatic heterocycles. The number of aromatic nitrogens is 5. The second kappa shape index (κ2) is 10.6. The van der Waals surface area contributed by atoms with Crippen molar-refractivity contribution in [2.24, 2.45) is 11.7 Å². The summed E-state index contributed by atoms with van der Waals surface area (Å²) in [6.07, 6.45) is 8.80. The summed E-state index contributed by atoms with van der Waals surface area (Å²) in [7, 11) is 0. The highest BCUT2D eigenvalue weighted by Gasteiger charge is 2.25. The Bertz CT molecular complexity index is 1550. The molecule has 0 saturated carbocycles. The quantitative estimate of drug-likeness (QED) is 0.326. The van der Waals surface area contributed by atoms with Gasteiger partial charge >= 0.3 is 0 Å². The van der Waals surface area contributed by atoms with Crippen molar-refractivity contribution in [1.29, 1.82) is 0 Å². The molecular formula is C30H36N8O. The first kappa shape index (κ1) is 25.3. The number of anilines is 3. The van der Waals surface area contributed by atoms with E-state index in [1.807, 2.05) is 22.9 Å². The molecule has 1 unspecified atom stereocenters. The summed E-state index contributed by atoms with van der Waals surface area (Å²) >= 11 is 0. The van der Waals surface area contributed by atoms with E-state index in [0.29, 0.717) is 41.2 Å². The molecule has 1 aromatic carbocycles. The van der Waals surface area contributed by atoms with E-state index in [9.17, 15) is 4.79 Å². The van der Waals surface area contributed by atoms with Gasteiger partial charge in [-0.3, -0.25) is 4.79 Å². The van der Waals surface area contributed by atoms with Gasteiger partial charge in [-0.15, -0.1) is 6.58 Å². The lowest BCUT2D eigenvalue weighted by Gasteiger charge is -2.33. The van der Waals surface area contributed by atoms with Crippen LogP contribution in [0.15, 0.2) is 60.0 Å². The first-order valence-corrected chi connectivity index (χ1v) is 14.0. The van der Waals surface area contributed by atoms with E-state index in [0.717, 1.165) is 63.1 Å². The molecule has 9 heteroatoms. The lowest BCUT2D eigenvalue weighted by atomic mass is 9.97. The maximum atomic E-state index is 13.3. The molecule has 1 atom stereocenters. The van der Waals surface area contributed by atoms with Crippen molar-refractivity contribution < 1.29 is 0 Å². The fraction of sp³-hybridized carbons (Fsp3) is 0.400. The zero-order valence-electron chi connectivity index (χ0n) is 22.5. The van der Waals surface area contributed by atoms with Crippen LogP contribution in [0.25, 0.3) is 16.9 Å². The highest BCUT2D eigenvalue weighted by Crippen LogP contribution is 2.34. The number of pyridine rings is 1. The maximum absolute atomic E-state index is 13.3. The molecular weight excluding hydrogens is 488 g/mol. The van der Waals surface area contributed by atoms with Crippen LogP contribution in [0.2, 0.25) is 0 Å². The molecule has 39 heavy (non-hydrogen) atoms. The van der Waals surface area contributed by atoms with E-state index in [2.05, 4.69) is 46.9 Å². The van der Waals surface area contributed by atoms with Gasteiger partial charge < -0.3 is 16.0 Å². The summed E-state index contributed by atoms with van der Waals surface area (Å²) in [5.74, 6) is 2.20. The minimum atomic E-state index is -0.159. The van der Waals surface area contributed by atoms with Crippen LogP contribution in [0.4, 0.5) is 17.3 Å². The van der Waals surface area contributed by atoms with Crippen molar-refractivity contribution in [3.05, 3.63) is 76.9 Å². The number of nitrogens with one attached hydrogen (secondary N) is 1. The number of aryl methyl sites for hydroxylation is 1. The second-order valence-electron chi connectivity index (χ2n) is 10.6. The zero-order chi connectivity index (χ0) is 26.9. The van der Waals surface area contributed by atoms with Crippen LogP contribution in [0.5, 0.6) is 0 Å². The Morgan fingerprint density at radius 3 is 2.62 bits per heavy atom. The lowest BCUT2D eigenvalue weighted by molar-refractivity contribution is 0.414. The SMILES string of the molecule is C=CCn1c(=O)c2cnc(Nc3ccc(N4CCC(CN)CC4)cc3)nc2n1-c1ccc2c(n1)C(CC)CC2. The van der Waals surface area contributed by atoms with E-state index in [1.54, 1.807) is 17.0 Å². The van der Waals surface area contributed by atoms with Gasteiger partial charge in [-0.05, 0) is 80.5 Å². The number of hydrogen-bond acceptors (Lipinski definition) is 7. The molecule has 2 aliphatic rings. The molecule has 1 aliphatic carbocycles. The minimum Gasteiger partial charge on any atom is -0.372 e. The highest BCUT2D eigenvalue weighted by molar-refractivity contribution is 5.77. The first-order valence-electron chi connectivity index (χ1n) is 14.0. The molecule has 0 spiro atoms. The maximum Gasteiger partial charge on any atom is 0.278 e. The van der Waals surface area contributed by atoms with Crippen LogP contribution in [0, 0.1) is 5.92 Å². The average Bonchev–Trinajstić information content (AvgIpc) is 3.51. The molecule has 9 nitrogen and oxygen atoms in total. The predicted molar refractivity (Wildman–Crippen MR) is 156 cm³/mol. The van der Waals surface area contributed by atoms with Gasteiger partial charge in [0.1, 0.15) is 5.39 Å². The molecule has 0 bridgehead atoms. The predicted octanol–water partition coefficient (Wildman–Crippen LogP) is 4.52. The van der Waals surface area contributed by atoms with Gasteiger partial charge in [-0.1, -0.05) is 19.1 Å². The van der Waals surface area contributed by atoms with Crippen molar-refractivity contribution in [3.63, 3.8) is 0 Å². The zero-order valence-corrected chi connectivity index (χ0v) is 22.5. The topological polar surface area (TPSA) is 107 Å². The van der Waals surface area contributed by atoms with Crippen LogP contribution in [0.3, 0.4) is 0 Å². The van der Waals surface area contributed by atoms with E-state index in [1.165, 1.54) is 11.3 Å². The molecule has 6 rings (SSSR count). The summed E-state index contributed by atoms with van der Waals surface area (Å²) in [5, 5.41) is 3.77. The van der Waals surface area contributed by atoms with Gasteiger partial charge in [-0.25, -0.2) is 19.3 Å². The number of hydrogen-bond donors (Lipinski definition) is 2. The molecule has 4 aromatic rings. The summed E-state index contributed by atoms with van der Waals surface area (Å²) in [6, 6.07) is 12.5. The number of piperidine rings is 1. The highest BCUT2D eigenvalue weighted by atomic mass is 16.1. The average molecular weight is 525 g/mol. The second-order valence-corrected chi connectivity index (χ2v) is 10.6. The van der Waals surface area contributed by atoms with Crippen molar-refractivity contribution in [2.45, 2.75) is 51.5 Å². The van der Waals surface area contributed by atoms with Crippen molar-refractivity contribution in [3.8, 4) is 5.82 Å². The summed E-state index contributed by atoms with van der Waals surface area (Å²) in [6.45, 7) is 9.24.